The number of hydrogen-bond donors (Lipinski definition) is 1. The number of benzene rings is 2. The van der Waals surface area contributed by atoms with Crippen LogP contribution < -0.4 is 0 Å². The Morgan fingerprint density at radius 3 is 2.56 bits per heavy atom. The van der Waals surface area contributed by atoms with Gasteiger partial charge in [0.25, 0.3) is 0 Å². The van der Waals surface area contributed by atoms with Crippen molar-refractivity contribution < 1.29 is 5.11 Å². The molecule has 18 heavy (non-hydrogen) atoms. The predicted molar refractivity (Wildman–Crippen MR) is 80.9 cm³/mol. The van der Waals surface area contributed by atoms with Crippen LogP contribution >= 0.6 is 15.9 Å². The van der Waals surface area contributed by atoms with Crippen LogP contribution in [-0.2, 0) is 6.42 Å². The van der Waals surface area contributed by atoms with Crippen molar-refractivity contribution in [1.82, 2.24) is 0 Å². The fraction of sp³-hybridized carbons (Fsp3) is 0.375. The van der Waals surface area contributed by atoms with E-state index >= 15 is 0 Å². The van der Waals surface area contributed by atoms with Crippen LogP contribution in [-0.4, -0.2) is 10.7 Å². The molecule has 0 heterocycles. The molecule has 0 saturated carbocycles. The third-order valence-corrected chi connectivity index (χ3v) is 4.11. The van der Waals surface area contributed by atoms with Gasteiger partial charge >= 0.3 is 0 Å². The highest BCUT2D eigenvalue weighted by molar-refractivity contribution is 9.10. The topological polar surface area (TPSA) is 20.2 Å². The Hall–Kier alpha value is -0.860. The number of rotatable bonds is 4. The molecule has 0 spiro atoms. The highest BCUT2D eigenvalue weighted by Gasteiger charge is 2.12. The zero-order chi connectivity index (χ0) is 13.2. The zero-order valence-electron chi connectivity index (χ0n) is 10.9. The number of aliphatic hydroxyl groups is 1. The maximum absolute atomic E-state index is 9.73. The first kappa shape index (κ1) is 13.6. The summed E-state index contributed by atoms with van der Waals surface area (Å²) < 4.78 is 1.19. The van der Waals surface area contributed by atoms with E-state index in [9.17, 15) is 5.11 Å². The van der Waals surface area contributed by atoms with E-state index in [0.717, 1.165) is 19.3 Å². The molecule has 96 valence electrons. The summed E-state index contributed by atoms with van der Waals surface area (Å²) in [6.07, 6.45) is 2.82. The molecule has 0 aliphatic heterocycles. The Morgan fingerprint density at radius 2 is 1.83 bits per heavy atom. The molecule has 2 heteroatoms. The Labute approximate surface area is 117 Å². The standard InChI is InChI=1S/C16H19BrO/c1-16(2,18)11-5-7-13-10-9-12-6-3-4-8-14(12)15(13)17/h3-4,6,8-10,18H,5,7,11H2,1-2H3. The van der Waals surface area contributed by atoms with Crippen molar-refractivity contribution in [3.63, 3.8) is 0 Å². The quantitative estimate of drug-likeness (QED) is 0.868. The van der Waals surface area contributed by atoms with E-state index in [2.05, 4.69) is 52.3 Å². The van der Waals surface area contributed by atoms with Crippen LogP contribution in [0.1, 0.15) is 32.3 Å². The summed E-state index contributed by atoms with van der Waals surface area (Å²) >= 11 is 3.70. The zero-order valence-corrected chi connectivity index (χ0v) is 12.5. The van der Waals surface area contributed by atoms with Gasteiger partial charge in [0, 0.05) is 4.47 Å². The van der Waals surface area contributed by atoms with E-state index in [1.54, 1.807) is 0 Å². The van der Waals surface area contributed by atoms with Crippen molar-refractivity contribution in [3.05, 3.63) is 46.4 Å². The van der Waals surface area contributed by atoms with Gasteiger partial charge in [-0.15, -0.1) is 0 Å². The molecule has 0 aliphatic carbocycles. The molecule has 0 fully saturated rings. The van der Waals surface area contributed by atoms with Crippen LogP contribution in [0.3, 0.4) is 0 Å². The smallest absolute Gasteiger partial charge is 0.0591 e. The minimum absolute atomic E-state index is 0.566. The van der Waals surface area contributed by atoms with Crippen molar-refractivity contribution in [1.29, 1.82) is 0 Å². The number of hydrogen-bond acceptors (Lipinski definition) is 1. The van der Waals surface area contributed by atoms with Gasteiger partial charge in [0.1, 0.15) is 0 Å². The Morgan fingerprint density at radius 1 is 1.11 bits per heavy atom. The van der Waals surface area contributed by atoms with E-state index in [4.69, 9.17) is 0 Å². The summed E-state index contributed by atoms with van der Waals surface area (Å²) in [5.41, 5.74) is 0.751. The van der Waals surface area contributed by atoms with Gasteiger partial charge in [0.2, 0.25) is 0 Å². The van der Waals surface area contributed by atoms with E-state index in [-0.39, 0.29) is 0 Å². The van der Waals surface area contributed by atoms with Crippen LogP contribution in [0.5, 0.6) is 0 Å². The molecule has 0 aromatic heterocycles. The molecule has 1 nitrogen and oxygen atoms in total. The van der Waals surface area contributed by atoms with Crippen LogP contribution in [0, 0.1) is 0 Å². The summed E-state index contributed by atoms with van der Waals surface area (Å²) in [6, 6.07) is 12.7. The van der Waals surface area contributed by atoms with Gasteiger partial charge < -0.3 is 5.11 Å². The van der Waals surface area contributed by atoms with Crippen LogP contribution in [0.15, 0.2) is 40.9 Å². The second-order valence-electron chi connectivity index (χ2n) is 5.43. The van der Waals surface area contributed by atoms with E-state index in [0.29, 0.717) is 0 Å². The summed E-state index contributed by atoms with van der Waals surface area (Å²) in [4.78, 5) is 0. The average molecular weight is 307 g/mol. The monoisotopic (exact) mass is 306 g/mol. The second-order valence-corrected chi connectivity index (χ2v) is 6.22. The molecule has 1 N–H and O–H groups in total. The van der Waals surface area contributed by atoms with E-state index in [1.165, 1.54) is 20.8 Å². The van der Waals surface area contributed by atoms with Gasteiger partial charge in [-0.05, 0) is 65.4 Å². The largest absolute Gasteiger partial charge is 0.390 e. The molecular weight excluding hydrogens is 288 g/mol. The molecule has 2 rings (SSSR count). The second kappa shape index (κ2) is 5.41. The van der Waals surface area contributed by atoms with Crippen molar-refractivity contribution >= 4 is 26.7 Å². The highest BCUT2D eigenvalue weighted by atomic mass is 79.9. The van der Waals surface area contributed by atoms with Gasteiger partial charge in [-0.25, -0.2) is 0 Å². The Bertz CT molecular complexity index is 540. The lowest BCUT2D eigenvalue weighted by Crippen LogP contribution is -2.18. The Kier molecular flexibility index (Phi) is 4.08. The SMILES string of the molecule is CC(C)(O)CCCc1ccc2ccccc2c1Br. The van der Waals surface area contributed by atoms with Crippen molar-refractivity contribution in [2.75, 3.05) is 0 Å². The Balaban J connectivity index is 2.17. The molecule has 0 radical (unpaired) electrons. The first-order valence-electron chi connectivity index (χ1n) is 6.36. The molecule has 0 unspecified atom stereocenters. The number of halogens is 1. The van der Waals surface area contributed by atoms with E-state index < -0.39 is 5.60 Å². The van der Waals surface area contributed by atoms with Crippen LogP contribution in [0.2, 0.25) is 0 Å². The third kappa shape index (κ3) is 3.33. The van der Waals surface area contributed by atoms with Crippen molar-refractivity contribution in [2.45, 2.75) is 38.7 Å². The first-order chi connectivity index (χ1) is 8.47. The lowest BCUT2D eigenvalue weighted by Gasteiger charge is -2.17. The summed E-state index contributed by atoms with van der Waals surface area (Å²) in [7, 11) is 0. The van der Waals surface area contributed by atoms with Gasteiger partial charge in [-0.3, -0.25) is 0 Å². The molecule has 2 aromatic carbocycles. The van der Waals surface area contributed by atoms with Gasteiger partial charge in [0.05, 0.1) is 5.60 Å². The van der Waals surface area contributed by atoms with Crippen LogP contribution in [0.25, 0.3) is 10.8 Å². The maximum atomic E-state index is 9.73. The van der Waals surface area contributed by atoms with E-state index in [1.807, 2.05) is 13.8 Å². The first-order valence-corrected chi connectivity index (χ1v) is 7.15. The van der Waals surface area contributed by atoms with Gasteiger partial charge in [0.15, 0.2) is 0 Å². The summed E-state index contributed by atoms with van der Waals surface area (Å²) in [6.45, 7) is 3.73. The number of fused-ring (bicyclic) bond motifs is 1. The summed E-state index contributed by atoms with van der Waals surface area (Å²) in [5, 5.41) is 12.2. The van der Waals surface area contributed by atoms with Gasteiger partial charge in [-0.1, -0.05) is 36.4 Å². The van der Waals surface area contributed by atoms with Crippen LogP contribution in [0.4, 0.5) is 0 Å². The minimum Gasteiger partial charge on any atom is -0.390 e. The molecular formula is C16H19BrO. The van der Waals surface area contributed by atoms with Crippen molar-refractivity contribution in [3.8, 4) is 0 Å². The average Bonchev–Trinajstić information content (AvgIpc) is 2.31. The molecule has 0 saturated heterocycles. The predicted octanol–water partition coefficient (Wildman–Crippen LogP) is 4.70. The summed E-state index contributed by atoms with van der Waals surface area (Å²) in [5.74, 6) is 0. The lowest BCUT2D eigenvalue weighted by molar-refractivity contribution is 0.0689. The number of aryl methyl sites for hydroxylation is 1. The highest BCUT2D eigenvalue weighted by Crippen LogP contribution is 2.29. The van der Waals surface area contributed by atoms with Gasteiger partial charge in [-0.2, -0.15) is 0 Å². The molecule has 2 aromatic rings. The minimum atomic E-state index is -0.566. The molecule has 0 atom stereocenters. The molecule has 0 bridgehead atoms. The fourth-order valence-electron chi connectivity index (χ4n) is 2.18. The fourth-order valence-corrected chi connectivity index (χ4v) is 2.87. The maximum Gasteiger partial charge on any atom is 0.0591 e. The van der Waals surface area contributed by atoms with Crippen molar-refractivity contribution in [2.24, 2.45) is 0 Å². The molecule has 0 aliphatic rings. The third-order valence-electron chi connectivity index (χ3n) is 3.18. The normalized spacial score (nSPS) is 12.0. The molecule has 0 amide bonds. The lowest BCUT2D eigenvalue weighted by atomic mass is 9.98.